The van der Waals surface area contributed by atoms with Gasteiger partial charge in [-0.3, -0.25) is 0 Å². The van der Waals surface area contributed by atoms with Crippen LogP contribution in [0.1, 0.15) is 10.6 Å². The third-order valence-electron chi connectivity index (χ3n) is 1.58. The third-order valence-corrected chi connectivity index (χ3v) is 1.58. The van der Waals surface area contributed by atoms with Crippen LogP contribution < -0.4 is 0 Å². The molecule has 1 heterocycles. The molecule has 1 N–H and O–H groups in total. The molecule has 0 atom stereocenters. The minimum atomic E-state index is -1.09. The molecule has 0 amide bonds. The van der Waals surface area contributed by atoms with E-state index in [0.717, 1.165) is 0 Å². The van der Waals surface area contributed by atoms with E-state index in [1.807, 2.05) is 0 Å². The van der Waals surface area contributed by atoms with Crippen LogP contribution in [-0.2, 0) is 0 Å². The fraction of sp³-hybridized carbons (Fsp3) is 0. The van der Waals surface area contributed by atoms with Crippen LogP contribution in [0, 0.1) is 0 Å². The lowest BCUT2D eigenvalue weighted by atomic mass is 10.2. The van der Waals surface area contributed by atoms with E-state index in [1.165, 1.54) is 0 Å². The zero-order valence-corrected chi connectivity index (χ0v) is 8.47. The Morgan fingerprint density at radius 2 is 1.93 bits per heavy atom. The number of carboxylic acids is 1. The van der Waals surface area contributed by atoms with Crippen molar-refractivity contribution in [3.63, 3.8) is 0 Å². The van der Waals surface area contributed by atoms with Crippen LogP contribution in [0.15, 0.2) is 28.8 Å². The van der Waals surface area contributed by atoms with Gasteiger partial charge in [-0.05, 0) is 12.1 Å². The number of hydrogen-bond acceptors (Lipinski definition) is 3. The number of halogens is 2. The topological polar surface area (TPSA) is 63.3 Å². The quantitative estimate of drug-likeness (QED) is 0.825. The predicted molar refractivity (Wildman–Crippen MR) is 55.5 cm³/mol. The molecule has 0 saturated carbocycles. The molecule has 2 aromatic rings. The van der Waals surface area contributed by atoms with Gasteiger partial charge in [-0.25, -0.2) is 4.79 Å². The highest BCUT2D eigenvalue weighted by Crippen LogP contribution is 2.16. The van der Waals surface area contributed by atoms with Gasteiger partial charge < -0.3 is 9.63 Å². The number of rotatable bonds is 1. The van der Waals surface area contributed by atoms with Gasteiger partial charge in [-0.1, -0.05) is 17.3 Å². The van der Waals surface area contributed by atoms with Gasteiger partial charge in [-0.15, -0.1) is 24.8 Å². The van der Waals surface area contributed by atoms with Crippen molar-refractivity contribution in [1.29, 1.82) is 0 Å². The summed E-state index contributed by atoms with van der Waals surface area (Å²) in [7, 11) is 0. The second kappa shape index (κ2) is 4.83. The Hall–Kier alpha value is -1.26. The van der Waals surface area contributed by atoms with Gasteiger partial charge in [0.15, 0.2) is 0 Å². The van der Waals surface area contributed by atoms with Gasteiger partial charge in [0.05, 0.1) is 5.39 Å². The Morgan fingerprint density at radius 1 is 1.29 bits per heavy atom. The van der Waals surface area contributed by atoms with Gasteiger partial charge >= 0.3 is 5.97 Å². The highest BCUT2D eigenvalue weighted by molar-refractivity contribution is 5.99. The molecule has 0 aliphatic carbocycles. The summed E-state index contributed by atoms with van der Waals surface area (Å²) in [4.78, 5) is 10.5. The molecule has 0 radical (unpaired) electrons. The molecule has 14 heavy (non-hydrogen) atoms. The maximum Gasteiger partial charge on any atom is 0.375 e. The second-order valence-corrected chi connectivity index (χ2v) is 2.33. The van der Waals surface area contributed by atoms with Crippen molar-refractivity contribution >= 4 is 41.7 Å². The number of fused-ring (bicyclic) bond motifs is 1. The van der Waals surface area contributed by atoms with Crippen molar-refractivity contribution in [2.75, 3.05) is 0 Å². The highest BCUT2D eigenvalue weighted by atomic mass is 35.5. The first-order valence-electron chi connectivity index (χ1n) is 3.37. The summed E-state index contributed by atoms with van der Waals surface area (Å²) in [6, 6.07) is 6.88. The largest absolute Gasteiger partial charge is 0.475 e. The second-order valence-electron chi connectivity index (χ2n) is 2.33. The average molecular weight is 236 g/mol. The van der Waals surface area contributed by atoms with Crippen molar-refractivity contribution in [2.24, 2.45) is 0 Å². The Balaban J connectivity index is 0.000000845. The number of benzene rings is 1. The average Bonchev–Trinajstić information content (AvgIpc) is 2.47. The van der Waals surface area contributed by atoms with E-state index in [9.17, 15) is 4.79 Å². The van der Waals surface area contributed by atoms with E-state index in [-0.39, 0.29) is 30.6 Å². The summed E-state index contributed by atoms with van der Waals surface area (Å²) >= 11 is 0. The molecular formula is C8H7Cl2NO3. The van der Waals surface area contributed by atoms with E-state index in [0.29, 0.717) is 10.9 Å². The first-order valence-corrected chi connectivity index (χ1v) is 3.37. The Labute approximate surface area is 91.7 Å². The minimum absolute atomic E-state index is 0. The predicted octanol–water partition coefficient (Wildman–Crippen LogP) is 2.37. The van der Waals surface area contributed by atoms with E-state index in [1.54, 1.807) is 24.3 Å². The van der Waals surface area contributed by atoms with Gasteiger partial charge in [-0.2, -0.15) is 0 Å². The molecule has 0 spiro atoms. The molecule has 2 rings (SSSR count). The first kappa shape index (κ1) is 12.7. The molecule has 6 heteroatoms. The first-order chi connectivity index (χ1) is 5.79. The molecule has 0 aliphatic rings. The van der Waals surface area contributed by atoms with E-state index in [2.05, 4.69) is 9.68 Å². The molecule has 76 valence electrons. The van der Waals surface area contributed by atoms with Crippen molar-refractivity contribution < 1.29 is 14.4 Å². The van der Waals surface area contributed by atoms with E-state index < -0.39 is 5.97 Å². The van der Waals surface area contributed by atoms with E-state index >= 15 is 0 Å². The Morgan fingerprint density at radius 3 is 2.57 bits per heavy atom. The zero-order chi connectivity index (χ0) is 8.55. The lowest BCUT2D eigenvalue weighted by Crippen LogP contribution is -1.93. The summed E-state index contributed by atoms with van der Waals surface area (Å²) < 4.78 is 4.63. The smallest absolute Gasteiger partial charge is 0.375 e. The minimum Gasteiger partial charge on any atom is -0.475 e. The Kier molecular flexibility index (Phi) is 4.40. The molecule has 1 aromatic heterocycles. The number of nitrogens with zero attached hydrogens (tertiary/aromatic N) is 1. The number of carboxylic acid groups (broad SMARTS) is 1. The van der Waals surface area contributed by atoms with Crippen LogP contribution in [0.25, 0.3) is 10.9 Å². The van der Waals surface area contributed by atoms with Crippen LogP contribution in [0.5, 0.6) is 0 Å². The zero-order valence-electron chi connectivity index (χ0n) is 6.84. The van der Waals surface area contributed by atoms with Crippen molar-refractivity contribution in [1.82, 2.24) is 5.16 Å². The third kappa shape index (κ3) is 1.97. The summed E-state index contributed by atoms with van der Waals surface area (Å²) in [5, 5.41) is 12.8. The summed E-state index contributed by atoms with van der Waals surface area (Å²) in [5.41, 5.74) is 0.565. The molecule has 4 nitrogen and oxygen atoms in total. The fourth-order valence-corrected chi connectivity index (χ4v) is 1.04. The maximum absolute atomic E-state index is 10.5. The van der Waals surface area contributed by atoms with Crippen LogP contribution >= 0.6 is 24.8 Å². The number of carbonyl (C=O) groups is 1. The van der Waals surface area contributed by atoms with Crippen LogP contribution in [0.3, 0.4) is 0 Å². The molecule has 0 fully saturated rings. The summed E-state index contributed by atoms with van der Waals surface area (Å²) in [5.74, 6) is -1.20. The van der Waals surface area contributed by atoms with E-state index in [4.69, 9.17) is 5.11 Å². The standard InChI is InChI=1S/C8H5NO3.2ClH/c10-8(11)7-5-3-1-2-4-6(5)9-12-7;;/h1-4H,(H,10,11);2*1H. The number of hydrogen-bond donors (Lipinski definition) is 1. The molecular weight excluding hydrogens is 229 g/mol. The number of aromatic nitrogens is 1. The van der Waals surface area contributed by atoms with Crippen molar-refractivity contribution in [3.8, 4) is 0 Å². The lowest BCUT2D eigenvalue weighted by Gasteiger charge is -1.85. The van der Waals surface area contributed by atoms with Crippen molar-refractivity contribution in [2.45, 2.75) is 0 Å². The van der Waals surface area contributed by atoms with Crippen molar-refractivity contribution in [3.05, 3.63) is 30.0 Å². The monoisotopic (exact) mass is 235 g/mol. The summed E-state index contributed by atoms with van der Waals surface area (Å²) in [6.07, 6.45) is 0. The van der Waals surface area contributed by atoms with Gasteiger partial charge in [0, 0.05) is 0 Å². The van der Waals surface area contributed by atoms with Gasteiger partial charge in [0.2, 0.25) is 0 Å². The van der Waals surface area contributed by atoms with Crippen LogP contribution in [0.2, 0.25) is 0 Å². The molecule has 0 aliphatic heterocycles. The molecule has 0 saturated heterocycles. The molecule has 0 bridgehead atoms. The highest BCUT2D eigenvalue weighted by Gasteiger charge is 2.13. The maximum atomic E-state index is 10.5. The fourth-order valence-electron chi connectivity index (χ4n) is 1.04. The lowest BCUT2D eigenvalue weighted by molar-refractivity contribution is 0.0655. The molecule has 1 aromatic carbocycles. The molecule has 0 unspecified atom stereocenters. The SMILES string of the molecule is Cl.Cl.O=C(O)c1onc2ccccc12. The van der Waals surface area contributed by atoms with Gasteiger partial charge in [0.25, 0.3) is 5.76 Å². The van der Waals surface area contributed by atoms with Gasteiger partial charge in [0.1, 0.15) is 5.52 Å². The summed E-state index contributed by atoms with van der Waals surface area (Å²) in [6.45, 7) is 0. The van der Waals surface area contributed by atoms with Crippen LogP contribution in [0.4, 0.5) is 0 Å². The van der Waals surface area contributed by atoms with Crippen LogP contribution in [-0.4, -0.2) is 16.2 Å². The normalized spacial score (nSPS) is 8.86. The number of aromatic carboxylic acids is 1. The Bertz CT molecular complexity index is 441.